The van der Waals surface area contributed by atoms with Gasteiger partial charge >= 0.3 is 81.5 Å². The number of rotatable bonds is 3. The third-order valence-electron chi connectivity index (χ3n) is 0.484. The van der Waals surface area contributed by atoms with Crippen LogP contribution in [-0.2, 0) is 44.6 Å². The summed E-state index contributed by atoms with van der Waals surface area (Å²) >= 11 is 4.27. The van der Waals surface area contributed by atoms with Crippen LogP contribution in [0.15, 0.2) is 0 Å². The molecule has 0 aromatic rings. The molecule has 0 saturated heterocycles. The number of hydrogen-bond acceptors (Lipinski definition) is 5. The third kappa shape index (κ3) is 22.8. The molecule has 64 valence electrons. The third-order valence-corrected chi connectivity index (χ3v) is 0.746. The Labute approximate surface area is 136 Å². The zero-order valence-electron chi connectivity index (χ0n) is 6.67. The van der Waals surface area contributed by atoms with E-state index in [4.69, 9.17) is 0 Å². The second-order valence-electron chi connectivity index (χ2n) is 1.18. The van der Waals surface area contributed by atoms with Gasteiger partial charge in [0.1, 0.15) is 0 Å². The molecule has 0 heterocycles. The second kappa shape index (κ2) is 18.9. The summed E-state index contributed by atoms with van der Waals surface area (Å²) < 4.78 is 0. The normalized spacial score (nSPS) is 8.42. The molecule has 0 spiro atoms. The van der Waals surface area contributed by atoms with E-state index in [1.54, 1.807) is 0 Å². The summed E-state index contributed by atoms with van der Waals surface area (Å²) in [7, 11) is 0. The largest absolute Gasteiger partial charge is 1.00 e. The number of carboxylic acid groups (broad SMARTS) is 1. The van der Waals surface area contributed by atoms with E-state index in [0.717, 1.165) is 0 Å². The first-order valence-corrected chi connectivity index (χ1v) is 2.37. The summed E-state index contributed by atoms with van der Waals surface area (Å²) in [6.45, 7) is 0. The minimum absolute atomic E-state index is 0. The van der Waals surface area contributed by atoms with E-state index in [-0.39, 0.29) is 87.0 Å². The first-order valence-electron chi connectivity index (χ1n) is 1.90. The van der Waals surface area contributed by atoms with Gasteiger partial charge < -0.3 is 32.8 Å². The number of carbonyl (C=O) groups excluding carboxylic acids is 2. The van der Waals surface area contributed by atoms with E-state index >= 15 is 0 Å². The summed E-state index contributed by atoms with van der Waals surface area (Å²) in [5, 5.41) is 8.65. The van der Waals surface area contributed by atoms with Crippen molar-refractivity contribution in [2.75, 3.05) is 0 Å². The summed E-state index contributed by atoms with van der Waals surface area (Å²) in [5.74, 6) is -1.31. The zero-order chi connectivity index (χ0) is 6.57. The van der Waals surface area contributed by atoms with Crippen molar-refractivity contribution >= 4 is 24.9 Å². The van der Waals surface area contributed by atoms with Gasteiger partial charge in [0, 0.05) is 5.97 Å². The molecule has 0 bridgehead atoms. The fourth-order valence-electron chi connectivity index (χ4n) is 0.193. The average molecular weight is 391 g/mol. The Morgan fingerprint density at radius 1 is 1.50 bits per heavy atom. The molecule has 0 rings (SSSR count). The summed E-state index contributed by atoms with van der Waals surface area (Å²) in [4.78, 5) is 19.1. The standard InChI is InChI=1S/C4H5O3S.Au.2Na.H2O/c5-2-3(8)1-4(6)7;;;;/h3,8H,1H2,(H,6,7);;;;1H2/q-1;3*+1;/p-3. The molecule has 0 radical (unpaired) electrons. The molecule has 8 heteroatoms. The monoisotopic (exact) mass is 391 g/mol. The minimum atomic E-state index is -1.31. The van der Waals surface area contributed by atoms with Gasteiger partial charge in [0.15, 0.2) is 0 Å². The quantitative estimate of drug-likeness (QED) is 0.271. The van der Waals surface area contributed by atoms with Crippen LogP contribution in [0.2, 0.25) is 0 Å². The smallest absolute Gasteiger partial charge is 0.870 e. The molecular formula is C4H4AuNa2O4S-. The number of carbonyl (C=O) groups is 1. The first kappa shape index (κ1) is 29.2. The molecule has 0 saturated carbocycles. The summed E-state index contributed by atoms with van der Waals surface area (Å²) in [6.07, 6.45) is 0.922. The Bertz CT molecular complexity index is 115. The van der Waals surface area contributed by atoms with Crippen molar-refractivity contribution in [3.05, 3.63) is 0 Å². The Morgan fingerprint density at radius 2 is 1.83 bits per heavy atom. The van der Waals surface area contributed by atoms with E-state index < -0.39 is 17.6 Å². The Morgan fingerprint density at radius 3 is 1.92 bits per heavy atom. The number of hydrogen-bond donors (Lipinski definition) is 0. The van der Waals surface area contributed by atoms with Gasteiger partial charge in [-0.1, -0.05) is 6.42 Å². The van der Waals surface area contributed by atoms with Gasteiger partial charge in [-0.25, -0.2) is 0 Å². The summed E-state index contributed by atoms with van der Waals surface area (Å²) in [6, 6.07) is 0. The molecule has 0 aromatic heterocycles. The van der Waals surface area contributed by atoms with E-state index in [0.29, 0.717) is 0 Å². The Kier molecular flexibility index (Phi) is 46.0. The van der Waals surface area contributed by atoms with Gasteiger partial charge in [0.2, 0.25) is 0 Å². The van der Waals surface area contributed by atoms with Crippen LogP contribution in [0.25, 0.3) is 0 Å². The van der Waals surface area contributed by atoms with E-state index in [2.05, 4.69) is 12.6 Å². The predicted molar refractivity (Wildman–Crippen MR) is 28.4 cm³/mol. The molecule has 0 aliphatic heterocycles. The van der Waals surface area contributed by atoms with E-state index in [1.807, 2.05) is 0 Å². The van der Waals surface area contributed by atoms with Crippen LogP contribution in [0, 0.1) is 0 Å². The van der Waals surface area contributed by atoms with Crippen LogP contribution in [0.1, 0.15) is 6.42 Å². The van der Waals surface area contributed by atoms with Crippen molar-refractivity contribution in [1.29, 1.82) is 0 Å². The molecular weight excluding hydrogens is 387 g/mol. The van der Waals surface area contributed by atoms with Crippen molar-refractivity contribution in [2.45, 2.75) is 11.7 Å². The average Bonchev–Trinajstić information content (AvgIpc) is 1.65. The molecule has 1 atom stereocenters. The van der Waals surface area contributed by atoms with Crippen molar-refractivity contribution in [2.24, 2.45) is 0 Å². The van der Waals surface area contributed by atoms with Crippen LogP contribution in [0.5, 0.6) is 0 Å². The number of aliphatic carboxylic acids is 1. The Hall–Kier alpha value is 2.19. The number of carboxylic acids is 1. The van der Waals surface area contributed by atoms with Crippen LogP contribution in [0.4, 0.5) is 0 Å². The second-order valence-corrected chi connectivity index (χ2v) is 1.75. The van der Waals surface area contributed by atoms with Gasteiger partial charge in [-0.3, -0.25) is 11.5 Å². The van der Waals surface area contributed by atoms with Crippen LogP contribution in [-0.4, -0.2) is 23.0 Å². The van der Waals surface area contributed by atoms with Gasteiger partial charge in [-0.05, 0) is 0 Å². The summed E-state index contributed by atoms with van der Waals surface area (Å²) in [5.41, 5.74) is 0. The van der Waals surface area contributed by atoms with Crippen molar-refractivity contribution in [1.82, 2.24) is 0 Å². The van der Waals surface area contributed by atoms with Crippen molar-refractivity contribution < 1.29 is 102 Å². The zero-order valence-corrected chi connectivity index (χ0v) is 13.6. The molecule has 0 aliphatic rings. The first-order chi connectivity index (χ1) is 3.66. The fourth-order valence-corrected chi connectivity index (χ4v) is 0.329. The van der Waals surface area contributed by atoms with Gasteiger partial charge in [0.25, 0.3) is 0 Å². The van der Waals surface area contributed by atoms with Gasteiger partial charge in [0.05, 0.1) is 0 Å². The SMILES string of the molecule is O=[C-]C([S-])CC(=O)[O-].[Au+].[Na+].[Na+].[OH-]. The van der Waals surface area contributed by atoms with Crippen LogP contribution >= 0.6 is 0 Å². The molecule has 0 fully saturated rings. The molecule has 0 aromatic carbocycles. The van der Waals surface area contributed by atoms with Crippen molar-refractivity contribution in [3.63, 3.8) is 0 Å². The molecule has 1 N–H and O–H groups in total. The molecule has 12 heavy (non-hydrogen) atoms. The minimum Gasteiger partial charge on any atom is -0.870 e. The van der Waals surface area contributed by atoms with E-state index in [1.165, 1.54) is 6.29 Å². The van der Waals surface area contributed by atoms with Gasteiger partial charge in [-0.2, -0.15) is 0 Å². The van der Waals surface area contributed by atoms with Crippen LogP contribution in [0.3, 0.4) is 0 Å². The maximum Gasteiger partial charge on any atom is 1.00 e. The Balaban J connectivity index is -0.0000000408. The predicted octanol–water partition coefficient (Wildman–Crippen LogP) is -8.02. The van der Waals surface area contributed by atoms with E-state index in [9.17, 15) is 14.7 Å². The molecule has 0 aliphatic carbocycles. The maximum atomic E-state index is 9.61. The maximum absolute atomic E-state index is 9.61. The molecule has 0 amide bonds. The molecule has 4 nitrogen and oxygen atoms in total. The fraction of sp³-hybridized carbons (Fsp3) is 0.500. The van der Waals surface area contributed by atoms with Crippen molar-refractivity contribution in [3.8, 4) is 0 Å². The topological polar surface area (TPSA) is 87.2 Å². The van der Waals surface area contributed by atoms with Gasteiger partial charge in [-0.15, -0.1) is 0 Å². The van der Waals surface area contributed by atoms with Crippen LogP contribution < -0.4 is 64.2 Å². The molecule has 1 unspecified atom stereocenters.